The lowest BCUT2D eigenvalue weighted by atomic mass is 9.83. The SMILES string of the molecule is Cn1cc(CN2CCC(C3CCN(Cc4ccc(Cl)cc4)C3)CC2)cn1. The molecule has 2 saturated heterocycles. The third-order valence-electron chi connectivity index (χ3n) is 6.09. The van der Waals surface area contributed by atoms with Gasteiger partial charge in [-0.2, -0.15) is 5.10 Å². The third kappa shape index (κ3) is 4.48. The Labute approximate surface area is 161 Å². The zero-order valence-electron chi connectivity index (χ0n) is 15.6. The zero-order chi connectivity index (χ0) is 17.9. The number of hydrogen-bond acceptors (Lipinski definition) is 3. The van der Waals surface area contributed by atoms with E-state index in [1.54, 1.807) is 0 Å². The monoisotopic (exact) mass is 372 g/mol. The predicted molar refractivity (Wildman–Crippen MR) is 106 cm³/mol. The van der Waals surface area contributed by atoms with Gasteiger partial charge in [0.15, 0.2) is 0 Å². The van der Waals surface area contributed by atoms with Gasteiger partial charge in [-0.1, -0.05) is 23.7 Å². The molecule has 2 aliphatic heterocycles. The Morgan fingerprint density at radius 1 is 0.923 bits per heavy atom. The molecule has 2 fully saturated rings. The highest BCUT2D eigenvalue weighted by atomic mass is 35.5. The van der Waals surface area contributed by atoms with Crippen LogP contribution in [-0.4, -0.2) is 45.8 Å². The van der Waals surface area contributed by atoms with Crippen LogP contribution in [0.2, 0.25) is 5.02 Å². The Morgan fingerprint density at radius 2 is 1.58 bits per heavy atom. The van der Waals surface area contributed by atoms with Gasteiger partial charge in [-0.25, -0.2) is 0 Å². The van der Waals surface area contributed by atoms with Crippen LogP contribution < -0.4 is 0 Å². The highest BCUT2D eigenvalue weighted by Gasteiger charge is 2.31. The number of halogens is 1. The molecule has 0 radical (unpaired) electrons. The molecule has 26 heavy (non-hydrogen) atoms. The lowest BCUT2D eigenvalue weighted by Gasteiger charge is -2.34. The van der Waals surface area contributed by atoms with Crippen molar-refractivity contribution >= 4 is 11.6 Å². The van der Waals surface area contributed by atoms with Crippen molar-refractivity contribution < 1.29 is 0 Å². The van der Waals surface area contributed by atoms with Gasteiger partial charge in [-0.05, 0) is 68.4 Å². The summed E-state index contributed by atoms with van der Waals surface area (Å²) >= 11 is 5.99. The molecule has 2 aliphatic rings. The molecule has 0 bridgehead atoms. The van der Waals surface area contributed by atoms with Crippen LogP contribution in [0.5, 0.6) is 0 Å². The van der Waals surface area contributed by atoms with Gasteiger partial charge in [0.05, 0.1) is 6.20 Å². The van der Waals surface area contributed by atoms with Crippen LogP contribution in [0.4, 0.5) is 0 Å². The zero-order valence-corrected chi connectivity index (χ0v) is 16.4. The van der Waals surface area contributed by atoms with Gasteiger partial charge >= 0.3 is 0 Å². The molecular formula is C21H29ClN4. The number of likely N-dealkylation sites (tertiary alicyclic amines) is 2. The van der Waals surface area contributed by atoms with E-state index in [0.717, 1.165) is 29.9 Å². The van der Waals surface area contributed by atoms with E-state index in [0.29, 0.717) is 0 Å². The molecule has 0 amide bonds. The van der Waals surface area contributed by atoms with E-state index in [-0.39, 0.29) is 0 Å². The highest BCUT2D eigenvalue weighted by Crippen LogP contribution is 2.32. The summed E-state index contributed by atoms with van der Waals surface area (Å²) in [7, 11) is 1.99. The van der Waals surface area contributed by atoms with Crippen LogP contribution in [-0.2, 0) is 20.1 Å². The fraction of sp³-hybridized carbons (Fsp3) is 0.571. The molecule has 3 heterocycles. The Balaban J connectivity index is 1.23. The predicted octanol–water partition coefficient (Wildman–Crippen LogP) is 3.81. The number of rotatable bonds is 5. The molecule has 1 unspecified atom stereocenters. The first-order valence-electron chi connectivity index (χ1n) is 9.82. The minimum absolute atomic E-state index is 0.825. The standard InChI is InChI=1S/C21H29ClN4/c1-24-13-18(12-23-24)15-25-9-6-19(7-10-25)20-8-11-26(16-20)14-17-2-4-21(22)5-3-17/h2-5,12-13,19-20H,6-11,14-16H2,1H3. The van der Waals surface area contributed by atoms with Gasteiger partial charge in [0.1, 0.15) is 0 Å². The maximum Gasteiger partial charge on any atom is 0.0534 e. The summed E-state index contributed by atoms with van der Waals surface area (Å²) in [6.07, 6.45) is 8.19. The van der Waals surface area contributed by atoms with E-state index in [4.69, 9.17) is 11.6 Å². The van der Waals surface area contributed by atoms with Crippen molar-refractivity contribution in [1.29, 1.82) is 0 Å². The first kappa shape index (κ1) is 18.0. The second-order valence-electron chi connectivity index (χ2n) is 8.05. The van der Waals surface area contributed by atoms with Gasteiger partial charge in [-0.3, -0.25) is 14.5 Å². The van der Waals surface area contributed by atoms with Crippen LogP contribution in [0.1, 0.15) is 30.4 Å². The molecule has 0 N–H and O–H groups in total. The van der Waals surface area contributed by atoms with Crippen molar-refractivity contribution in [3.05, 3.63) is 52.8 Å². The molecule has 140 valence electrons. The topological polar surface area (TPSA) is 24.3 Å². The first-order valence-corrected chi connectivity index (χ1v) is 10.2. The van der Waals surface area contributed by atoms with Crippen molar-refractivity contribution in [3.8, 4) is 0 Å². The van der Waals surface area contributed by atoms with Crippen molar-refractivity contribution in [2.24, 2.45) is 18.9 Å². The number of aryl methyl sites for hydroxylation is 1. The average molecular weight is 373 g/mol. The number of nitrogens with zero attached hydrogens (tertiary/aromatic N) is 4. The fourth-order valence-corrected chi connectivity index (χ4v) is 4.76. The summed E-state index contributed by atoms with van der Waals surface area (Å²) in [5, 5.41) is 5.11. The first-order chi connectivity index (χ1) is 12.7. The van der Waals surface area contributed by atoms with Crippen LogP contribution in [0.3, 0.4) is 0 Å². The Hall–Kier alpha value is -1.36. The molecule has 1 aromatic carbocycles. The van der Waals surface area contributed by atoms with E-state index < -0.39 is 0 Å². The van der Waals surface area contributed by atoms with E-state index >= 15 is 0 Å². The van der Waals surface area contributed by atoms with E-state index in [9.17, 15) is 0 Å². The summed E-state index contributed by atoms with van der Waals surface area (Å²) in [6, 6.07) is 8.32. The minimum atomic E-state index is 0.825. The molecule has 1 aromatic heterocycles. The second-order valence-corrected chi connectivity index (χ2v) is 8.48. The van der Waals surface area contributed by atoms with Crippen molar-refractivity contribution in [2.75, 3.05) is 26.2 Å². The van der Waals surface area contributed by atoms with Crippen molar-refractivity contribution in [3.63, 3.8) is 0 Å². The van der Waals surface area contributed by atoms with Crippen LogP contribution >= 0.6 is 11.6 Å². The molecule has 0 saturated carbocycles. The van der Waals surface area contributed by atoms with Gasteiger partial charge in [0.25, 0.3) is 0 Å². The lowest BCUT2D eigenvalue weighted by molar-refractivity contribution is 0.141. The second kappa shape index (κ2) is 8.12. The molecule has 2 aromatic rings. The minimum Gasteiger partial charge on any atom is -0.299 e. The summed E-state index contributed by atoms with van der Waals surface area (Å²) in [6.45, 7) is 7.07. The molecule has 0 spiro atoms. The number of aromatic nitrogens is 2. The third-order valence-corrected chi connectivity index (χ3v) is 6.34. The molecule has 4 rings (SSSR count). The molecule has 5 heteroatoms. The molecule has 0 aliphatic carbocycles. The summed E-state index contributed by atoms with van der Waals surface area (Å²) in [4.78, 5) is 5.21. The van der Waals surface area contributed by atoms with E-state index in [1.165, 1.54) is 56.6 Å². The maximum absolute atomic E-state index is 5.99. The molecular weight excluding hydrogens is 344 g/mol. The van der Waals surface area contributed by atoms with Crippen LogP contribution in [0, 0.1) is 11.8 Å². The molecule has 4 nitrogen and oxygen atoms in total. The van der Waals surface area contributed by atoms with Gasteiger partial charge in [0, 0.05) is 43.5 Å². The Morgan fingerprint density at radius 3 is 2.27 bits per heavy atom. The van der Waals surface area contributed by atoms with Gasteiger partial charge in [0.2, 0.25) is 0 Å². The molecule has 1 atom stereocenters. The number of piperidine rings is 1. The van der Waals surface area contributed by atoms with Crippen molar-refractivity contribution in [1.82, 2.24) is 19.6 Å². The van der Waals surface area contributed by atoms with Gasteiger partial charge in [-0.15, -0.1) is 0 Å². The maximum atomic E-state index is 5.99. The summed E-state index contributed by atoms with van der Waals surface area (Å²) in [5.74, 6) is 1.78. The Bertz CT molecular complexity index is 703. The Kier molecular flexibility index (Phi) is 5.63. The smallest absolute Gasteiger partial charge is 0.0534 e. The summed E-state index contributed by atoms with van der Waals surface area (Å²) < 4.78 is 1.90. The van der Waals surface area contributed by atoms with Crippen molar-refractivity contribution in [2.45, 2.75) is 32.4 Å². The number of hydrogen-bond donors (Lipinski definition) is 0. The highest BCUT2D eigenvalue weighted by molar-refractivity contribution is 6.30. The average Bonchev–Trinajstić information content (AvgIpc) is 3.27. The summed E-state index contributed by atoms with van der Waals surface area (Å²) in [5.41, 5.74) is 2.71. The normalized spacial score (nSPS) is 22.9. The number of benzene rings is 1. The van der Waals surface area contributed by atoms with Crippen LogP contribution in [0.15, 0.2) is 36.7 Å². The van der Waals surface area contributed by atoms with Gasteiger partial charge < -0.3 is 0 Å². The lowest BCUT2D eigenvalue weighted by Crippen LogP contribution is -2.36. The quantitative estimate of drug-likeness (QED) is 0.797. The fourth-order valence-electron chi connectivity index (χ4n) is 4.63. The largest absolute Gasteiger partial charge is 0.299 e. The van der Waals surface area contributed by atoms with E-state index in [2.05, 4.69) is 33.2 Å². The van der Waals surface area contributed by atoms with E-state index in [1.807, 2.05) is 30.1 Å². The van der Waals surface area contributed by atoms with Crippen LogP contribution in [0.25, 0.3) is 0 Å².